The van der Waals surface area contributed by atoms with E-state index in [0.29, 0.717) is 23.6 Å². The fraction of sp³-hybridized carbons (Fsp3) is 0.417. The summed E-state index contributed by atoms with van der Waals surface area (Å²) in [6, 6.07) is 5.25. The van der Waals surface area contributed by atoms with Gasteiger partial charge in [-0.05, 0) is 54.1 Å². The second-order valence-corrected chi connectivity index (χ2v) is 5.56. The average Bonchev–Trinajstić information content (AvgIpc) is 2.28. The molecular weight excluding hydrogens is 352 g/mol. The van der Waals surface area contributed by atoms with E-state index < -0.39 is 6.10 Å². The van der Waals surface area contributed by atoms with Crippen molar-refractivity contribution in [1.82, 2.24) is 4.90 Å². The van der Waals surface area contributed by atoms with Gasteiger partial charge in [-0.1, -0.05) is 11.6 Å². The van der Waals surface area contributed by atoms with E-state index in [2.05, 4.69) is 22.6 Å². The monoisotopic (exact) mass is 367 g/mol. The highest BCUT2D eigenvalue weighted by Gasteiger charge is 2.13. The largest absolute Gasteiger partial charge is 0.393 e. The molecule has 0 aliphatic carbocycles. The molecule has 0 aromatic heterocycles. The van der Waals surface area contributed by atoms with E-state index in [4.69, 9.17) is 11.6 Å². The van der Waals surface area contributed by atoms with Gasteiger partial charge in [-0.25, -0.2) is 0 Å². The molecular formula is C12H15ClINO2. The van der Waals surface area contributed by atoms with Crippen LogP contribution in [0.3, 0.4) is 0 Å². The lowest BCUT2D eigenvalue weighted by Crippen LogP contribution is -2.29. The number of halogens is 2. The highest BCUT2D eigenvalue weighted by molar-refractivity contribution is 14.1. The third-order valence-corrected chi connectivity index (χ3v) is 3.97. The molecule has 5 heteroatoms. The lowest BCUT2D eigenvalue weighted by molar-refractivity contribution is 0.0769. The van der Waals surface area contributed by atoms with Crippen molar-refractivity contribution in [2.24, 2.45) is 0 Å². The summed E-state index contributed by atoms with van der Waals surface area (Å²) < 4.78 is 0.924. The molecule has 1 rings (SSSR count). The number of carbonyl (C=O) groups is 1. The van der Waals surface area contributed by atoms with Crippen molar-refractivity contribution in [3.63, 3.8) is 0 Å². The minimum atomic E-state index is -0.398. The van der Waals surface area contributed by atoms with E-state index in [1.165, 1.54) is 0 Å². The van der Waals surface area contributed by atoms with Gasteiger partial charge >= 0.3 is 0 Å². The van der Waals surface area contributed by atoms with Gasteiger partial charge in [0.05, 0.1) is 11.1 Å². The molecule has 17 heavy (non-hydrogen) atoms. The predicted molar refractivity (Wildman–Crippen MR) is 77.4 cm³/mol. The normalized spacial score (nSPS) is 12.3. The van der Waals surface area contributed by atoms with Crippen LogP contribution in [0, 0.1) is 3.57 Å². The highest BCUT2D eigenvalue weighted by Crippen LogP contribution is 2.20. The Morgan fingerprint density at radius 2 is 2.24 bits per heavy atom. The maximum absolute atomic E-state index is 12.0. The Hall–Kier alpha value is -0.330. The van der Waals surface area contributed by atoms with Crippen LogP contribution in [0.1, 0.15) is 23.7 Å². The molecule has 1 unspecified atom stereocenters. The number of rotatable bonds is 4. The summed E-state index contributed by atoms with van der Waals surface area (Å²) >= 11 is 8.09. The first-order chi connectivity index (χ1) is 7.91. The van der Waals surface area contributed by atoms with Crippen LogP contribution in [0.15, 0.2) is 18.2 Å². The molecule has 0 spiro atoms. The van der Waals surface area contributed by atoms with Crippen LogP contribution in [-0.2, 0) is 0 Å². The van der Waals surface area contributed by atoms with Crippen LogP contribution in [0.25, 0.3) is 0 Å². The Bertz CT molecular complexity index is 409. The molecule has 0 saturated carbocycles. The first-order valence-electron chi connectivity index (χ1n) is 5.30. The Kier molecular flexibility index (Phi) is 5.69. The number of hydrogen-bond donors (Lipinski definition) is 1. The predicted octanol–water partition coefficient (Wildman–Crippen LogP) is 2.79. The molecule has 0 radical (unpaired) electrons. The second-order valence-electron chi connectivity index (χ2n) is 3.99. The van der Waals surface area contributed by atoms with Crippen molar-refractivity contribution < 1.29 is 9.90 Å². The van der Waals surface area contributed by atoms with Crippen LogP contribution in [0.2, 0.25) is 5.02 Å². The second kappa shape index (κ2) is 6.56. The molecule has 3 nitrogen and oxygen atoms in total. The van der Waals surface area contributed by atoms with E-state index in [9.17, 15) is 9.90 Å². The molecule has 0 saturated heterocycles. The van der Waals surface area contributed by atoms with Crippen molar-refractivity contribution in [3.8, 4) is 0 Å². The van der Waals surface area contributed by atoms with Gasteiger partial charge in [0.2, 0.25) is 0 Å². The molecule has 0 fully saturated rings. The molecule has 1 atom stereocenters. The molecule has 1 aromatic rings. The van der Waals surface area contributed by atoms with Crippen LogP contribution in [0.4, 0.5) is 0 Å². The third-order valence-electron chi connectivity index (χ3n) is 2.40. The first-order valence-corrected chi connectivity index (χ1v) is 6.76. The van der Waals surface area contributed by atoms with Gasteiger partial charge in [-0.15, -0.1) is 0 Å². The van der Waals surface area contributed by atoms with Gasteiger partial charge in [0.25, 0.3) is 5.91 Å². The zero-order valence-corrected chi connectivity index (χ0v) is 12.7. The van der Waals surface area contributed by atoms with Gasteiger partial charge in [0.15, 0.2) is 0 Å². The van der Waals surface area contributed by atoms with E-state index >= 15 is 0 Å². The molecule has 0 aliphatic heterocycles. The molecule has 0 aliphatic rings. The minimum absolute atomic E-state index is 0.0797. The molecule has 94 valence electrons. The quantitative estimate of drug-likeness (QED) is 0.832. The SMILES string of the molecule is CC(O)CCN(C)C(=O)c1ccc(I)c(Cl)c1. The number of nitrogens with zero attached hydrogens (tertiary/aromatic N) is 1. The Labute approximate surface area is 120 Å². The smallest absolute Gasteiger partial charge is 0.253 e. The number of aliphatic hydroxyl groups is 1. The number of aliphatic hydroxyl groups excluding tert-OH is 1. The summed E-state index contributed by atoms with van der Waals surface area (Å²) in [5.41, 5.74) is 0.573. The van der Waals surface area contributed by atoms with Crippen molar-refractivity contribution in [1.29, 1.82) is 0 Å². The summed E-state index contributed by atoms with van der Waals surface area (Å²) in [6.45, 7) is 2.24. The van der Waals surface area contributed by atoms with E-state index in [1.807, 2.05) is 6.07 Å². The van der Waals surface area contributed by atoms with Crippen LogP contribution >= 0.6 is 34.2 Å². The highest BCUT2D eigenvalue weighted by atomic mass is 127. The maximum atomic E-state index is 12.0. The lowest BCUT2D eigenvalue weighted by atomic mass is 10.2. The van der Waals surface area contributed by atoms with Crippen molar-refractivity contribution in [3.05, 3.63) is 32.4 Å². The molecule has 1 aromatic carbocycles. The average molecular weight is 368 g/mol. The summed E-state index contributed by atoms with van der Waals surface area (Å²) in [5.74, 6) is -0.0797. The standard InChI is InChI=1S/C12H15ClINO2/c1-8(16)5-6-15(2)12(17)9-3-4-11(14)10(13)7-9/h3-4,7-8,16H,5-6H2,1-2H3. The molecule has 0 heterocycles. The fourth-order valence-electron chi connectivity index (χ4n) is 1.33. The summed E-state index contributed by atoms with van der Waals surface area (Å²) in [5, 5.41) is 9.76. The van der Waals surface area contributed by atoms with Gasteiger partial charge in [-0.3, -0.25) is 4.79 Å². The number of amides is 1. The Morgan fingerprint density at radius 1 is 1.59 bits per heavy atom. The summed E-state index contributed by atoms with van der Waals surface area (Å²) in [4.78, 5) is 13.6. The third kappa shape index (κ3) is 4.44. The molecule has 1 N–H and O–H groups in total. The van der Waals surface area contributed by atoms with Gasteiger partial charge < -0.3 is 10.0 Å². The van der Waals surface area contributed by atoms with E-state index in [1.54, 1.807) is 31.0 Å². The van der Waals surface area contributed by atoms with Gasteiger partial charge in [0, 0.05) is 22.7 Å². The van der Waals surface area contributed by atoms with Crippen molar-refractivity contribution in [2.45, 2.75) is 19.4 Å². The van der Waals surface area contributed by atoms with Crippen LogP contribution < -0.4 is 0 Å². The van der Waals surface area contributed by atoms with Gasteiger partial charge in [0.1, 0.15) is 0 Å². The molecule has 0 bridgehead atoms. The first kappa shape index (κ1) is 14.7. The lowest BCUT2D eigenvalue weighted by Gasteiger charge is -2.18. The van der Waals surface area contributed by atoms with Crippen molar-refractivity contribution in [2.75, 3.05) is 13.6 Å². The fourth-order valence-corrected chi connectivity index (χ4v) is 1.85. The topological polar surface area (TPSA) is 40.5 Å². The van der Waals surface area contributed by atoms with Crippen LogP contribution in [-0.4, -0.2) is 35.6 Å². The van der Waals surface area contributed by atoms with Crippen LogP contribution in [0.5, 0.6) is 0 Å². The van der Waals surface area contributed by atoms with E-state index in [0.717, 1.165) is 3.57 Å². The molecule has 1 amide bonds. The Balaban J connectivity index is 2.71. The number of benzene rings is 1. The number of hydrogen-bond acceptors (Lipinski definition) is 2. The van der Waals surface area contributed by atoms with Gasteiger partial charge in [-0.2, -0.15) is 0 Å². The Morgan fingerprint density at radius 3 is 2.76 bits per heavy atom. The van der Waals surface area contributed by atoms with Crippen molar-refractivity contribution >= 4 is 40.1 Å². The zero-order valence-electron chi connectivity index (χ0n) is 9.78. The summed E-state index contributed by atoms with van der Waals surface area (Å²) in [7, 11) is 1.72. The zero-order chi connectivity index (χ0) is 13.0. The van der Waals surface area contributed by atoms with E-state index in [-0.39, 0.29) is 5.91 Å². The number of carbonyl (C=O) groups excluding carboxylic acids is 1. The minimum Gasteiger partial charge on any atom is -0.393 e. The summed E-state index contributed by atoms with van der Waals surface area (Å²) in [6.07, 6.45) is 0.172. The maximum Gasteiger partial charge on any atom is 0.253 e.